The number of anilines is 2. The van der Waals surface area contributed by atoms with E-state index in [9.17, 15) is 14.0 Å². The van der Waals surface area contributed by atoms with Gasteiger partial charge in [-0.2, -0.15) is 0 Å². The molecule has 0 bridgehead atoms. The number of benzene rings is 1. The number of hydrogen-bond acceptors (Lipinski definition) is 5. The van der Waals surface area contributed by atoms with Crippen LogP contribution < -0.4 is 10.2 Å². The molecule has 1 fully saturated rings. The van der Waals surface area contributed by atoms with E-state index in [-0.39, 0.29) is 11.5 Å². The Morgan fingerprint density at radius 3 is 2.44 bits per heavy atom. The first-order chi connectivity index (χ1) is 12.0. The van der Waals surface area contributed by atoms with Crippen LogP contribution in [0.4, 0.5) is 16.0 Å². The molecule has 0 atom stereocenters. The monoisotopic (exact) mass is 343 g/mol. The molecule has 8 heteroatoms. The van der Waals surface area contributed by atoms with Gasteiger partial charge in [0.1, 0.15) is 5.82 Å². The summed E-state index contributed by atoms with van der Waals surface area (Å²) in [5, 5.41) is 10.7. The van der Waals surface area contributed by atoms with Crippen LogP contribution in [-0.4, -0.2) is 53.1 Å². The van der Waals surface area contributed by atoms with Crippen molar-refractivity contribution in [3.8, 4) is 0 Å². The van der Waals surface area contributed by atoms with Crippen LogP contribution in [0, 0.1) is 5.82 Å². The Bertz CT molecular complexity index is 773. The van der Waals surface area contributed by atoms with Gasteiger partial charge in [0.05, 0.1) is 0 Å². The molecule has 2 heterocycles. The quantitative estimate of drug-likeness (QED) is 0.914. The highest BCUT2D eigenvalue weighted by Gasteiger charge is 2.19. The van der Waals surface area contributed by atoms with E-state index in [1.54, 1.807) is 24.0 Å². The molecule has 0 saturated carbocycles. The van der Waals surface area contributed by atoms with Crippen LogP contribution in [0.25, 0.3) is 0 Å². The van der Waals surface area contributed by atoms with E-state index in [2.05, 4.69) is 15.5 Å². The second kappa shape index (κ2) is 7.25. The van der Waals surface area contributed by atoms with Crippen molar-refractivity contribution in [3.63, 3.8) is 0 Å². The summed E-state index contributed by atoms with van der Waals surface area (Å²) in [6, 6.07) is 8.84. The highest BCUT2D eigenvalue weighted by atomic mass is 19.1. The summed E-state index contributed by atoms with van der Waals surface area (Å²) in [5.74, 6) is 0.129. The fourth-order valence-electron chi connectivity index (χ4n) is 2.63. The van der Waals surface area contributed by atoms with E-state index in [1.165, 1.54) is 18.2 Å². The van der Waals surface area contributed by atoms with E-state index in [0.29, 0.717) is 37.8 Å². The minimum absolute atomic E-state index is 0.0705. The summed E-state index contributed by atoms with van der Waals surface area (Å²) < 4.78 is 13.2. The average molecular weight is 343 g/mol. The van der Waals surface area contributed by atoms with E-state index in [0.717, 1.165) is 6.07 Å². The van der Waals surface area contributed by atoms with Crippen LogP contribution in [-0.2, 0) is 4.79 Å². The Kier molecular flexibility index (Phi) is 4.87. The van der Waals surface area contributed by atoms with Crippen molar-refractivity contribution in [1.82, 2.24) is 15.1 Å². The second-order valence-electron chi connectivity index (χ2n) is 5.73. The summed E-state index contributed by atoms with van der Waals surface area (Å²) in [5.41, 5.74) is 0.214. The molecule has 1 aromatic carbocycles. The van der Waals surface area contributed by atoms with E-state index < -0.39 is 11.7 Å². The lowest BCUT2D eigenvalue weighted by molar-refractivity contribution is -0.129. The van der Waals surface area contributed by atoms with Crippen molar-refractivity contribution in [1.29, 1.82) is 0 Å². The van der Waals surface area contributed by atoms with Crippen LogP contribution in [0.3, 0.4) is 0 Å². The largest absolute Gasteiger partial charge is 0.352 e. The highest BCUT2D eigenvalue weighted by molar-refractivity contribution is 6.03. The Morgan fingerprint density at radius 2 is 1.84 bits per heavy atom. The summed E-state index contributed by atoms with van der Waals surface area (Å²) in [6.45, 7) is 4.22. The van der Waals surface area contributed by atoms with Crippen molar-refractivity contribution in [2.45, 2.75) is 6.92 Å². The zero-order valence-corrected chi connectivity index (χ0v) is 13.8. The molecule has 2 amide bonds. The molecule has 3 rings (SSSR count). The van der Waals surface area contributed by atoms with E-state index >= 15 is 0 Å². The molecule has 2 aromatic rings. The van der Waals surface area contributed by atoms with Gasteiger partial charge in [-0.25, -0.2) is 4.39 Å². The molecular weight excluding hydrogens is 325 g/mol. The smallest absolute Gasteiger partial charge is 0.256 e. The van der Waals surface area contributed by atoms with Gasteiger partial charge in [-0.3, -0.25) is 9.59 Å². The van der Waals surface area contributed by atoms with Gasteiger partial charge in [0.25, 0.3) is 5.91 Å². The third-order valence-electron chi connectivity index (χ3n) is 4.03. The molecule has 25 heavy (non-hydrogen) atoms. The van der Waals surface area contributed by atoms with Crippen molar-refractivity contribution in [3.05, 3.63) is 47.8 Å². The Balaban J connectivity index is 1.61. The maximum absolute atomic E-state index is 13.2. The number of carbonyl (C=O) groups is 2. The van der Waals surface area contributed by atoms with E-state index in [1.807, 2.05) is 4.90 Å². The summed E-state index contributed by atoms with van der Waals surface area (Å²) in [6.07, 6.45) is 0. The molecule has 1 aliphatic heterocycles. The van der Waals surface area contributed by atoms with Gasteiger partial charge in [-0.15, -0.1) is 10.2 Å². The predicted octanol–water partition coefficient (Wildman–Crippen LogP) is 1.54. The minimum Gasteiger partial charge on any atom is -0.352 e. The van der Waals surface area contributed by atoms with Gasteiger partial charge in [-0.05, 0) is 30.3 Å². The molecule has 1 saturated heterocycles. The Hall–Kier alpha value is -3.03. The number of nitrogens with one attached hydrogen (secondary N) is 1. The SMILES string of the molecule is CC(=O)N1CCN(c2ccc(NC(=O)c3cccc(F)c3)nn2)CC1. The average Bonchev–Trinajstić information content (AvgIpc) is 2.62. The van der Waals surface area contributed by atoms with Crippen molar-refractivity contribution in [2.24, 2.45) is 0 Å². The standard InChI is InChI=1S/C17H18FN5O2/c1-12(24)22-7-9-23(10-8-22)16-6-5-15(20-21-16)19-17(25)13-3-2-4-14(18)11-13/h2-6,11H,7-10H2,1H3,(H,19,20,25). The fraction of sp³-hybridized carbons (Fsp3) is 0.294. The molecule has 0 unspecified atom stereocenters. The van der Waals surface area contributed by atoms with Gasteiger partial charge in [-0.1, -0.05) is 6.07 Å². The first-order valence-corrected chi connectivity index (χ1v) is 7.94. The second-order valence-corrected chi connectivity index (χ2v) is 5.73. The van der Waals surface area contributed by atoms with Gasteiger partial charge < -0.3 is 15.1 Å². The number of aromatic nitrogens is 2. The zero-order chi connectivity index (χ0) is 17.8. The summed E-state index contributed by atoms with van der Waals surface area (Å²) in [7, 11) is 0. The van der Waals surface area contributed by atoms with Gasteiger partial charge in [0.15, 0.2) is 11.6 Å². The summed E-state index contributed by atoms with van der Waals surface area (Å²) >= 11 is 0. The number of carbonyl (C=O) groups excluding carboxylic acids is 2. The lowest BCUT2D eigenvalue weighted by atomic mass is 10.2. The van der Waals surface area contributed by atoms with Crippen molar-refractivity contribution < 1.29 is 14.0 Å². The third-order valence-corrected chi connectivity index (χ3v) is 4.03. The third kappa shape index (κ3) is 4.09. The number of nitrogens with zero attached hydrogens (tertiary/aromatic N) is 4. The highest BCUT2D eigenvalue weighted by Crippen LogP contribution is 2.15. The van der Waals surface area contributed by atoms with Crippen molar-refractivity contribution in [2.75, 3.05) is 36.4 Å². The maximum Gasteiger partial charge on any atom is 0.256 e. The first kappa shape index (κ1) is 16.8. The molecule has 0 aliphatic carbocycles. The lowest BCUT2D eigenvalue weighted by Gasteiger charge is -2.34. The predicted molar refractivity (Wildman–Crippen MR) is 90.9 cm³/mol. The molecular formula is C17H18FN5O2. The molecule has 1 N–H and O–H groups in total. The van der Waals surface area contributed by atoms with Crippen LogP contribution in [0.2, 0.25) is 0 Å². The van der Waals surface area contributed by atoms with Crippen LogP contribution in [0.1, 0.15) is 17.3 Å². The van der Waals surface area contributed by atoms with Crippen LogP contribution >= 0.6 is 0 Å². The Morgan fingerprint density at radius 1 is 1.08 bits per heavy atom. The van der Waals surface area contributed by atoms with Gasteiger partial charge in [0, 0.05) is 38.7 Å². The number of amides is 2. The molecule has 1 aromatic heterocycles. The maximum atomic E-state index is 13.2. The van der Waals surface area contributed by atoms with Crippen LogP contribution in [0.5, 0.6) is 0 Å². The zero-order valence-electron chi connectivity index (χ0n) is 13.8. The minimum atomic E-state index is -0.473. The van der Waals surface area contributed by atoms with E-state index in [4.69, 9.17) is 0 Å². The Labute approximate surface area is 144 Å². The molecule has 1 aliphatic rings. The van der Waals surface area contributed by atoms with Gasteiger partial charge >= 0.3 is 0 Å². The molecule has 0 spiro atoms. The van der Waals surface area contributed by atoms with Crippen molar-refractivity contribution >= 4 is 23.5 Å². The molecule has 0 radical (unpaired) electrons. The fourth-order valence-corrected chi connectivity index (χ4v) is 2.63. The molecule has 7 nitrogen and oxygen atoms in total. The summed E-state index contributed by atoms with van der Waals surface area (Å²) in [4.78, 5) is 27.2. The topological polar surface area (TPSA) is 78.4 Å². The number of halogens is 1. The van der Waals surface area contributed by atoms with Gasteiger partial charge in [0.2, 0.25) is 5.91 Å². The van der Waals surface area contributed by atoms with Crippen LogP contribution in [0.15, 0.2) is 36.4 Å². The normalized spacial score (nSPS) is 14.3. The number of piperazine rings is 1. The first-order valence-electron chi connectivity index (χ1n) is 7.94. The number of hydrogen-bond donors (Lipinski definition) is 1. The lowest BCUT2D eigenvalue weighted by Crippen LogP contribution is -2.48. The number of rotatable bonds is 3. The molecule has 130 valence electrons.